The summed E-state index contributed by atoms with van der Waals surface area (Å²) in [5.74, 6) is 0. The fourth-order valence-corrected chi connectivity index (χ4v) is 1.78. The third-order valence-electron chi connectivity index (χ3n) is 2.66. The van der Waals surface area contributed by atoms with Crippen molar-refractivity contribution in [2.45, 2.75) is 13.2 Å². The number of nitrogens with two attached hydrogens (primary N) is 1. The van der Waals surface area contributed by atoms with E-state index in [2.05, 4.69) is 0 Å². The van der Waals surface area contributed by atoms with Crippen molar-refractivity contribution in [1.82, 2.24) is 4.57 Å². The third-order valence-corrected chi connectivity index (χ3v) is 2.92. The van der Waals surface area contributed by atoms with E-state index in [9.17, 15) is 4.79 Å². The Hall–Kier alpha value is -1.78. The second-order valence-corrected chi connectivity index (χ2v) is 4.61. The summed E-state index contributed by atoms with van der Waals surface area (Å²) in [6.07, 6.45) is 1.62. The molecule has 0 bridgehead atoms. The van der Waals surface area contributed by atoms with Gasteiger partial charge in [0.1, 0.15) is 0 Å². The predicted molar refractivity (Wildman–Crippen MR) is 76.2 cm³/mol. The van der Waals surface area contributed by atoms with Gasteiger partial charge in [-0.3, -0.25) is 4.79 Å². The minimum Gasteiger partial charge on any atom is -0.398 e. The number of halogens is 1. The average Bonchev–Trinajstić information content (AvgIpc) is 2.40. The van der Waals surface area contributed by atoms with Crippen LogP contribution in [0.25, 0.3) is 0 Å². The van der Waals surface area contributed by atoms with E-state index < -0.39 is 0 Å². The first-order chi connectivity index (χ1) is 9.15. The molecule has 0 radical (unpaired) electrons. The molecule has 1 heterocycles. The molecule has 2 rings (SSSR count). The highest BCUT2D eigenvalue weighted by Gasteiger charge is 1.98. The number of hydrogen-bond acceptors (Lipinski definition) is 3. The van der Waals surface area contributed by atoms with Crippen molar-refractivity contribution >= 4 is 17.3 Å². The van der Waals surface area contributed by atoms with Crippen molar-refractivity contribution in [2.24, 2.45) is 0 Å². The van der Waals surface area contributed by atoms with E-state index in [-0.39, 0.29) is 5.56 Å². The van der Waals surface area contributed by atoms with Gasteiger partial charge in [-0.15, -0.1) is 0 Å². The molecular formula is C14H15ClN2O2. The lowest BCUT2D eigenvalue weighted by Gasteiger charge is -2.07. The highest BCUT2D eigenvalue weighted by Crippen LogP contribution is 2.10. The van der Waals surface area contributed by atoms with Gasteiger partial charge in [0.15, 0.2) is 0 Å². The van der Waals surface area contributed by atoms with Crippen LogP contribution in [-0.4, -0.2) is 11.2 Å². The number of rotatable bonds is 5. The molecule has 2 N–H and O–H groups in total. The molecule has 2 aromatic rings. The second kappa shape index (κ2) is 6.41. The summed E-state index contributed by atoms with van der Waals surface area (Å²) in [6, 6.07) is 10.5. The topological polar surface area (TPSA) is 57.2 Å². The lowest BCUT2D eigenvalue weighted by Crippen LogP contribution is -2.21. The van der Waals surface area contributed by atoms with E-state index in [1.165, 1.54) is 10.6 Å². The molecule has 19 heavy (non-hydrogen) atoms. The normalized spacial score (nSPS) is 10.6. The van der Waals surface area contributed by atoms with Gasteiger partial charge < -0.3 is 15.0 Å². The van der Waals surface area contributed by atoms with Gasteiger partial charge in [-0.25, -0.2) is 0 Å². The second-order valence-electron chi connectivity index (χ2n) is 4.17. The van der Waals surface area contributed by atoms with Crippen LogP contribution < -0.4 is 11.3 Å². The quantitative estimate of drug-likeness (QED) is 0.854. The van der Waals surface area contributed by atoms with Gasteiger partial charge in [-0.05, 0) is 23.8 Å². The summed E-state index contributed by atoms with van der Waals surface area (Å²) in [5.41, 5.74) is 7.16. The molecule has 0 unspecified atom stereocenters. The van der Waals surface area contributed by atoms with Crippen molar-refractivity contribution in [3.8, 4) is 0 Å². The van der Waals surface area contributed by atoms with Crippen molar-refractivity contribution in [1.29, 1.82) is 0 Å². The van der Waals surface area contributed by atoms with Gasteiger partial charge in [0, 0.05) is 29.5 Å². The van der Waals surface area contributed by atoms with Crippen LogP contribution >= 0.6 is 11.6 Å². The van der Waals surface area contributed by atoms with Gasteiger partial charge in [0.05, 0.1) is 13.2 Å². The molecule has 0 aliphatic rings. The summed E-state index contributed by atoms with van der Waals surface area (Å²) >= 11 is 5.79. The van der Waals surface area contributed by atoms with Crippen LogP contribution in [-0.2, 0) is 17.9 Å². The fraction of sp³-hybridized carbons (Fsp3) is 0.214. The summed E-state index contributed by atoms with van der Waals surface area (Å²) in [4.78, 5) is 11.5. The molecule has 0 aliphatic carbocycles. The summed E-state index contributed by atoms with van der Waals surface area (Å²) < 4.78 is 7.05. The van der Waals surface area contributed by atoms with Gasteiger partial charge in [0.25, 0.3) is 5.56 Å². The van der Waals surface area contributed by atoms with E-state index in [0.717, 1.165) is 5.56 Å². The average molecular weight is 279 g/mol. The van der Waals surface area contributed by atoms with Crippen LogP contribution in [0.5, 0.6) is 0 Å². The highest BCUT2D eigenvalue weighted by molar-refractivity contribution is 6.30. The van der Waals surface area contributed by atoms with Crippen LogP contribution in [0.2, 0.25) is 5.02 Å². The van der Waals surface area contributed by atoms with Gasteiger partial charge in [-0.1, -0.05) is 23.7 Å². The van der Waals surface area contributed by atoms with Crippen LogP contribution in [0, 0.1) is 0 Å². The van der Waals surface area contributed by atoms with Gasteiger partial charge >= 0.3 is 0 Å². The maximum absolute atomic E-state index is 11.5. The number of nitrogens with zero attached hydrogens (tertiary/aromatic N) is 1. The van der Waals surface area contributed by atoms with Crippen LogP contribution in [0.3, 0.4) is 0 Å². The maximum Gasteiger partial charge on any atom is 0.250 e. The molecule has 0 fully saturated rings. The smallest absolute Gasteiger partial charge is 0.250 e. The Morgan fingerprint density at radius 1 is 1.16 bits per heavy atom. The standard InChI is InChI=1S/C14H15ClN2O2/c15-12-3-1-11(2-4-12)10-19-8-7-17-9-13(16)5-6-14(17)18/h1-6,9H,7-8,10,16H2. The summed E-state index contributed by atoms with van der Waals surface area (Å²) in [6.45, 7) is 1.43. The van der Waals surface area contributed by atoms with Crippen LogP contribution in [0.15, 0.2) is 47.4 Å². The van der Waals surface area contributed by atoms with Gasteiger partial charge in [-0.2, -0.15) is 0 Å². The van der Waals surface area contributed by atoms with E-state index in [1.54, 1.807) is 12.3 Å². The number of benzene rings is 1. The summed E-state index contributed by atoms with van der Waals surface area (Å²) in [7, 11) is 0. The molecule has 5 heteroatoms. The Bertz CT molecular complexity index is 593. The molecule has 0 amide bonds. The number of ether oxygens (including phenoxy) is 1. The lowest BCUT2D eigenvalue weighted by molar-refractivity contribution is 0.112. The number of aromatic nitrogens is 1. The van der Waals surface area contributed by atoms with E-state index in [1.807, 2.05) is 24.3 Å². The molecule has 0 saturated carbocycles. The molecule has 1 aromatic carbocycles. The molecule has 4 nitrogen and oxygen atoms in total. The molecule has 0 atom stereocenters. The molecule has 1 aromatic heterocycles. The van der Waals surface area contributed by atoms with E-state index in [0.29, 0.717) is 30.5 Å². The van der Waals surface area contributed by atoms with Crippen LogP contribution in [0.1, 0.15) is 5.56 Å². The number of pyridine rings is 1. The predicted octanol–water partition coefficient (Wildman–Crippen LogP) is 2.30. The monoisotopic (exact) mass is 278 g/mol. The third kappa shape index (κ3) is 4.12. The number of nitrogen functional groups attached to an aromatic ring is 1. The zero-order chi connectivity index (χ0) is 13.7. The zero-order valence-corrected chi connectivity index (χ0v) is 11.1. The molecule has 0 spiro atoms. The minimum atomic E-state index is -0.0794. The first kappa shape index (κ1) is 13.6. The SMILES string of the molecule is Nc1ccc(=O)n(CCOCc2ccc(Cl)cc2)c1. The highest BCUT2D eigenvalue weighted by atomic mass is 35.5. The first-order valence-electron chi connectivity index (χ1n) is 5.93. The van der Waals surface area contributed by atoms with E-state index >= 15 is 0 Å². The Kier molecular flexibility index (Phi) is 4.60. The van der Waals surface area contributed by atoms with Crippen molar-refractivity contribution in [3.05, 3.63) is 63.5 Å². The van der Waals surface area contributed by atoms with Crippen molar-refractivity contribution in [2.75, 3.05) is 12.3 Å². The van der Waals surface area contributed by atoms with Gasteiger partial charge in [0.2, 0.25) is 0 Å². The lowest BCUT2D eigenvalue weighted by atomic mass is 10.2. The Morgan fingerprint density at radius 2 is 1.89 bits per heavy atom. The van der Waals surface area contributed by atoms with Crippen LogP contribution in [0.4, 0.5) is 5.69 Å². The van der Waals surface area contributed by atoms with E-state index in [4.69, 9.17) is 22.1 Å². The Morgan fingerprint density at radius 3 is 2.63 bits per heavy atom. The molecule has 0 aliphatic heterocycles. The fourth-order valence-electron chi connectivity index (χ4n) is 1.66. The zero-order valence-electron chi connectivity index (χ0n) is 10.4. The minimum absolute atomic E-state index is 0.0794. The number of hydrogen-bond donors (Lipinski definition) is 1. The first-order valence-corrected chi connectivity index (χ1v) is 6.31. The van der Waals surface area contributed by atoms with Crippen molar-refractivity contribution < 1.29 is 4.74 Å². The molecular weight excluding hydrogens is 264 g/mol. The maximum atomic E-state index is 11.5. The molecule has 0 saturated heterocycles. The molecule has 100 valence electrons. The number of anilines is 1. The summed E-state index contributed by atoms with van der Waals surface area (Å²) in [5, 5.41) is 0.704. The Labute approximate surface area is 116 Å². The largest absolute Gasteiger partial charge is 0.398 e. The van der Waals surface area contributed by atoms with Crippen molar-refractivity contribution in [3.63, 3.8) is 0 Å². The Balaban J connectivity index is 1.82.